The molecule has 1 aromatic carbocycles. The minimum absolute atomic E-state index is 0.186. The molecule has 1 N–H and O–H groups in total. The van der Waals surface area contributed by atoms with Gasteiger partial charge in [0.25, 0.3) is 0 Å². The van der Waals surface area contributed by atoms with E-state index in [9.17, 15) is 10.4 Å². The van der Waals surface area contributed by atoms with Crippen LogP contribution >= 0.6 is 11.6 Å². The highest BCUT2D eigenvalue weighted by Crippen LogP contribution is 2.38. The lowest BCUT2D eigenvalue weighted by molar-refractivity contribution is 0.0559. The molecule has 0 amide bonds. The summed E-state index contributed by atoms with van der Waals surface area (Å²) in [4.78, 5) is 1.94. The van der Waals surface area contributed by atoms with Gasteiger partial charge in [0.2, 0.25) is 0 Å². The number of rotatable bonds is 3. The summed E-state index contributed by atoms with van der Waals surface area (Å²) < 4.78 is 1.73. The third kappa shape index (κ3) is 2.78. The first-order valence-electron chi connectivity index (χ1n) is 7.53. The van der Waals surface area contributed by atoms with E-state index < -0.39 is 5.60 Å². The van der Waals surface area contributed by atoms with E-state index >= 15 is 0 Å². The number of benzene rings is 1. The van der Waals surface area contributed by atoms with E-state index in [1.807, 2.05) is 18.7 Å². The van der Waals surface area contributed by atoms with Crippen LogP contribution in [0.5, 0.6) is 0 Å². The number of halogens is 1. The average molecular weight is 332 g/mol. The van der Waals surface area contributed by atoms with Gasteiger partial charge in [-0.1, -0.05) is 22.9 Å². The molecule has 2 heterocycles. The van der Waals surface area contributed by atoms with E-state index in [4.69, 9.17) is 11.6 Å². The predicted octanol–water partition coefficient (Wildman–Crippen LogP) is 2.48. The van der Waals surface area contributed by atoms with Crippen LogP contribution in [0.25, 0.3) is 0 Å². The molecule has 0 spiro atoms. The zero-order chi connectivity index (χ0) is 16.6. The van der Waals surface area contributed by atoms with Gasteiger partial charge in [-0.3, -0.25) is 0 Å². The van der Waals surface area contributed by atoms with Crippen LogP contribution in [0.15, 0.2) is 24.4 Å². The first-order valence-corrected chi connectivity index (χ1v) is 7.90. The van der Waals surface area contributed by atoms with Crippen LogP contribution in [-0.4, -0.2) is 33.2 Å². The Morgan fingerprint density at radius 1 is 1.43 bits per heavy atom. The van der Waals surface area contributed by atoms with Crippen molar-refractivity contribution >= 4 is 17.3 Å². The topological polar surface area (TPSA) is 78.0 Å². The van der Waals surface area contributed by atoms with Crippen LogP contribution < -0.4 is 4.90 Å². The van der Waals surface area contributed by atoms with Crippen LogP contribution in [0.2, 0.25) is 5.02 Å². The molecule has 1 unspecified atom stereocenters. The molecule has 0 saturated carbocycles. The molecular formula is C16H18ClN5O. The first-order chi connectivity index (χ1) is 10.9. The van der Waals surface area contributed by atoms with E-state index in [1.165, 1.54) is 0 Å². The van der Waals surface area contributed by atoms with Gasteiger partial charge < -0.3 is 10.0 Å². The van der Waals surface area contributed by atoms with Gasteiger partial charge in [0.05, 0.1) is 29.0 Å². The zero-order valence-electron chi connectivity index (χ0n) is 13.1. The summed E-state index contributed by atoms with van der Waals surface area (Å²) in [5.74, 6) is 0. The van der Waals surface area contributed by atoms with Crippen molar-refractivity contribution in [3.8, 4) is 6.07 Å². The highest BCUT2D eigenvalue weighted by molar-refractivity contribution is 6.33. The molecule has 1 fully saturated rings. The van der Waals surface area contributed by atoms with Crippen LogP contribution in [0, 0.1) is 11.3 Å². The highest BCUT2D eigenvalue weighted by atomic mass is 35.5. The van der Waals surface area contributed by atoms with E-state index in [0.29, 0.717) is 41.5 Å². The van der Waals surface area contributed by atoms with Gasteiger partial charge >= 0.3 is 0 Å². The maximum atomic E-state index is 11.0. The maximum absolute atomic E-state index is 11.0. The number of hydrogen-bond donors (Lipinski definition) is 1. The van der Waals surface area contributed by atoms with Gasteiger partial charge in [0.15, 0.2) is 0 Å². The molecule has 3 rings (SSSR count). The van der Waals surface area contributed by atoms with Crippen LogP contribution in [0.3, 0.4) is 0 Å². The Hall–Kier alpha value is -2.10. The predicted molar refractivity (Wildman–Crippen MR) is 87.3 cm³/mol. The maximum Gasteiger partial charge on any atom is 0.129 e. The first kappa shape index (κ1) is 15.8. The standard InChI is InChI=1S/C16H18ClN5O/c1-11(2)22-9-14(19-20-22)16(23)6-7-21(10-16)15-12(8-18)4-3-5-13(15)17/h3-5,9,11,23H,6-7,10H2,1-2H3. The fourth-order valence-corrected chi connectivity index (χ4v) is 3.16. The average Bonchev–Trinajstić information content (AvgIpc) is 3.15. The fourth-order valence-electron chi connectivity index (χ4n) is 2.86. The van der Waals surface area contributed by atoms with Gasteiger partial charge in [0, 0.05) is 19.0 Å². The largest absolute Gasteiger partial charge is 0.381 e. The van der Waals surface area contributed by atoms with Crippen molar-refractivity contribution in [1.82, 2.24) is 15.0 Å². The van der Waals surface area contributed by atoms with Gasteiger partial charge in [-0.05, 0) is 26.0 Å². The lowest BCUT2D eigenvalue weighted by Gasteiger charge is -2.24. The summed E-state index contributed by atoms with van der Waals surface area (Å²) in [6.45, 7) is 4.95. The van der Waals surface area contributed by atoms with Crippen LogP contribution in [0.4, 0.5) is 5.69 Å². The second-order valence-corrected chi connectivity index (χ2v) is 6.54. The molecular weight excluding hydrogens is 314 g/mol. The zero-order valence-corrected chi connectivity index (χ0v) is 13.8. The Kier molecular flexibility index (Phi) is 4.00. The Labute approximate surface area is 139 Å². The molecule has 7 heteroatoms. The van der Waals surface area contributed by atoms with Gasteiger partial charge in [-0.15, -0.1) is 5.10 Å². The Morgan fingerprint density at radius 2 is 2.22 bits per heavy atom. The van der Waals surface area contributed by atoms with E-state index in [1.54, 1.807) is 29.1 Å². The number of aliphatic hydroxyl groups is 1. The third-order valence-electron chi connectivity index (χ3n) is 4.19. The Morgan fingerprint density at radius 3 is 2.87 bits per heavy atom. The molecule has 6 nitrogen and oxygen atoms in total. The summed E-state index contributed by atoms with van der Waals surface area (Å²) in [6, 6.07) is 7.58. The summed E-state index contributed by atoms with van der Waals surface area (Å²) >= 11 is 6.27. The number of hydrogen-bond acceptors (Lipinski definition) is 5. The molecule has 2 aromatic rings. The van der Waals surface area contributed by atoms with Gasteiger partial charge in [-0.25, -0.2) is 4.68 Å². The summed E-state index contributed by atoms with van der Waals surface area (Å²) in [6.07, 6.45) is 2.30. The van der Waals surface area contributed by atoms with Crippen molar-refractivity contribution in [1.29, 1.82) is 5.26 Å². The number of para-hydroxylation sites is 1. The fraction of sp³-hybridized carbons (Fsp3) is 0.438. The van der Waals surface area contributed by atoms with Crippen molar-refractivity contribution in [2.24, 2.45) is 0 Å². The molecule has 1 saturated heterocycles. The Bertz CT molecular complexity index is 766. The lowest BCUT2D eigenvalue weighted by Crippen LogP contribution is -2.31. The van der Waals surface area contributed by atoms with Gasteiger partial charge in [-0.2, -0.15) is 5.26 Å². The van der Waals surface area contributed by atoms with Crippen molar-refractivity contribution < 1.29 is 5.11 Å². The molecule has 1 aliphatic heterocycles. The van der Waals surface area contributed by atoms with E-state index in [-0.39, 0.29) is 6.04 Å². The smallest absolute Gasteiger partial charge is 0.129 e. The number of β-amino-alcohol motifs (C(OH)–C–C–N with tert-alkyl or cyclic N) is 1. The summed E-state index contributed by atoms with van der Waals surface area (Å²) in [5.41, 5.74) is 0.648. The minimum Gasteiger partial charge on any atom is -0.381 e. The minimum atomic E-state index is -1.08. The molecule has 1 aromatic heterocycles. The number of aromatic nitrogens is 3. The van der Waals surface area contributed by atoms with Gasteiger partial charge in [0.1, 0.15) is 17.4 Å². The Balaban J connectivity index is 1.90. The monoisotopic (exact) mass is 331 g/mol. The molecule has 23 heavy (non-hydrogen) atoms. The van der Waals surface area contributed by atoms with Crippen molar-refractivity contribution in [2.75, 3.05) is 18.0 Å². The number of nitriles is 1. The molecule has 1 aliphatic rings. The number of nitrogens with zero attached hydrogens (tertiary/aromatic N) is 5. The molecule has 0 aliphatic carbocycles. The summed E-state index contributed by atoms with van der Waals surface area (Å²) in [7, 11) is 0. The molecule has 120 valence electrons. The van der Waals surface area contributed by atoms with Crippen molar-refractivity contribution in [2.45, 2.75) is 31.9 Å². The van der Waals surface area contributed by atoms with E-state index in [2.05, 4.69) is 16.4 Å². The third-order valence-corrected chi connectivity index (χ3v) is 4.49. The summed E-state index contributed by atoms with van der Waals surface area (Å²) in [5, 5.41) is 29.0. The van der Waals surface area contributed by atoms with Crippen molar-refractivity contribution in [3.05, 3.63) is 40.7 Å². The van der Waals surface area contributed by atoms with Crippen LogP contribution in [0.1, 0.15) is 37.6 Å². The quantitative estimate of drug-likeness (QED) is 0.934. The molecule has 1 atom stereocenters. The molecule has 0 bridgehead atoms. The highest BCUT2D eigenvalue weighted by Gasteiger charge is 2.41. The normalized spacial score (nSPS) is 21.0. The van der Waals surface area contributed by atoms with Crippen LogP contribution in [-0.2, 0) is 5.60 Å². The second kappa shape index (κ2) is 5.84. The number of anilines is 1. The van der Waals surface area contributed by atoms with Crippen molar-refractivity contribution in [3.63, 3.8) is 0 Å². The molecule has 0 radical (unpaired) electrons. The second-order valence-electron chi connectivity index (χ2n) is 6.13. The lowest BCUT2D eigenvalue weighted by atomic mass is 10.00. The SMILES string of the molecule is CC(C)n1cc(C2(O)CCN(c3c(Cl)cccc3C#N)C2)nn1. The van der Waals surface area contributed by atoms with E-state index in [0.717, 1.165) is 0 Å².